The first-order valence-electron chi connectivity index (χ1n) is 7.47. The molecule has 0 aliphatic heterocycles. The summed E-state index contributed by atoms with van der Waals surface area (Å²) in [5.74, 6) is 0.340. The molecule has 118 valence electrons. The maximum absolute atomic E-state index is 12.4. The van der Waals surface area contributed by atoms with Crippen molar-refractivity contribution in [3.05, 3.63) is 40.3 Å². The lowest BCUT2D eigenvalue weighted by atomic mass is 10.1. The second-order valence-corrected chi connectivity index (χ2v) is 5.73. The Hall–Kier alpha value is -1.88. The summed E-state index contributed by atoms with van der Waals surface area (Å²) >= 11 is 6.14. The van der Waals surface area contributed by atoms with E-state index >= 15 is 0 Å². The summed E-state index contributed by atoms with van der Waals surface area (Å²) in [5.41, 5.74) is 2.09. The molecule has 2 heterocycles. The monoisotopic (exact) mass is 320 g/mol. The average Bonchev–Trinajstić information content (AvgIpc) is 2.83. The van der Waals surface area contributed by atoms with Gasteiger partial charge in [-0.05, 0) is 44.9 Å². The first kappa shape index (κ1) is 16.5. The molecule has 0 unspecified atom stereocenters. The van der Waals surface area contributed by atoms with E-state index in [0.717, 1.165) is 24.2 Å². The van der Waals surface area contributed by atoms with E-state index in [1.807, 2.05) is 33.8 Å². The van der Waals surface area contributed by atoms with Gasteiger partial charge in [0.15, 0.2) is 5.82 Å². The van der Waals surface area contributed by atoms with Gasteiger partial charge in [0.25, 0.3) is 5.91 Å². The minimum absolute atomic E-state index is 0.128. The molecule has 6 heteroatoms. The zero-order chi connectivity index (χ0) is 16.3. The van der Waals surface area contributed by atoms with Crippen LogP contribution in [0.25, 0.3) is 5.82 Å². The van der Waals surface area contributed by atoms with E-state index in [-0.39, 0.29) is 17.6 Å². The van der Waals surface area contributed by atoms with Gasteiger partial charge in [0.1, 0.15) is 5.69 Å². The van der Waals surface area contributed by atoms with Crippen LogP contribution in [0.15, 0.2) is 18.2 Å². The number of pyridine rings is 1. The lowest BCUT2D eigenvalue weighted by molar-refractivity contribution is 0.0930. The fraction of sp³-hybridized carbons (Fsp3) is 0.438. The van der Waals surface area contributed by atoms with Gasteiger partial charge in [-0.3, -0.25) is 4.79 Å². The number of hydrogen-bond donors (Lipinski definition) is 1. The lowest BCUT2D eigenvalue weighted by Gasteiger charge is -2.15. The third-order valence-corrected chi connectivity index (χ3v) is 3.90. The molecule has 0 fully saturated rings. The number of rotatable bonds is 5. The van der Waals surface area contributed by atoms with Gasteiger partial charge in [-0.2, -0.15) is 5.10 Å². The molecule has 0 aliphatic carbocycles. The van der Waals surface area contributed by atoms with Gasteiger partial charge in [0.2, 0.25) is 0 Å². The van der Waals surface area contributed by atoms with Crippen LogP contribution in [-0.2, 0) is 0 Å². The van der Waals surface area contributed by atoms with Crippen molar-refractivity contribution in [3.63, 3.8) is 0 Å². The molecule has 22 heavy (non-hydrogen) atoms. The largest absolute Gasteiger partial charge is 0.348 e. The molecule has 2 aromatic heterocycles. The summed E-state index contributed by atoms with van der Waals surface area (Å²) in [7, 11) is 0. The van der Waals surface area contributed by atoms with E-state index in [1.165, 1.54) is 0 Å². The Morgan fingerprint density at radius 1 is 1.32 bits per heavy atom. The summed E-state index contributed by atoms with van der Waals surface area (Å²) in [6.07, 6.45) is 1.74. The van der Waals surface area contributed by atoms with Crippen molar-refractivity contribution in [1.82, 2.24) is 20.1 Å². The Kier molecular flexibility index (Phi) is 5.19. The summed E-state index contributed by atoms with van der Waals surface area (Å²) in [6, 6.07) is 5.53. The van der Waals surface area contributed by atoms with Crippen molar-refractivity contribution in [2.24, 2.45) is 0 Å². The van der Waals surface area contributed by atoms with Gasteiger partial charge in [0.05, 0.1) is 10.7 Å². The zero-order valence-electron chi connectivity index (χ0n) is 13.4. The average molecular weight is 321 g/mol. The van der Waals surface area contributed by atoms with Crippen LogP contribution in [0, 0.1) is 13.8 Å². The van der Waals surface area contributed by atoms with E-state index in [9.17, 15) is 4.79 Å². The van der Waals surface area contributed by atoms with Gasteiger partial charge < -0.3 is 5.32 Å². The number of hydrogen-bond acceptors (Lipinski definition) is 3. The number of aromatic nitrogens is 3. The maximum atomic E-state index is 12.4. The number of halogens is 1. The molecule has 0 aliphatic rings. The molecule has 0 saturated heterocycles. The summed E-state index contributed by atoms with van der Waals surface area (Å²) in [6.45, 7) is 7.94. The van der Waals surface area contributed by atoms with Crippen LogP contribution in [0.1, 0.15) is 48.6 Å². The molecule has 0 bridgehead atoms. The van der Waals surface area contributed by atoms with E-state index in [0.29, 0.717) is 10.8 Å². The Bertz CT molecular complexity index is 677. The van der Waals surface area contributed by atoms with E-state index in [4.69, 9.17) is 11.6 Å². The highest BCUT2D eigenvalue weighted by Gasteiger charge is 2.17. The van der Waals surface area contributed by atoms with Gasteiger partial charge in [-0.1, -0.05) is 25.4 Å². The quantitative estimate of drug-likeness (QED) is 0.917. The molecular formula is C16H21ClN4O. The van der Waals surface area contributed by atoms with Crippen molar-refractivity contribution < 1.29 is 4.79 Å². The second kappa shape index (κ2) is 6.92. The zero-order valence-corrected chi connectivity index (χ0v) is 14.1. The smallest absolute Gasteiger partial charge is 0.271 e. The number of aryl methyl sites for hydroxylation is 2. The van der Waals surface area contributed by atoms with E-state index < -0.39 is 0 Å². The third kappa shape index (κ3) is 3.47. The van der Waals surface area contributed by atoms with Gasteiger partial charge in [-0.25, -0.2) is 9.67 Å². The summed E-state index contributed by atoms with van der Waals surface area (Å²) in [4.78, 5) is 16.8. The SMILES string of the molecule is CCC(CC)NC(=O)c1nc(-n2nc(C)cc2C)ccc1Cl. The number of amides is 1. The van der Waals surface area contributed by atoms with Crippen LogP contribution < -0.4 is 5.32 Å². The Morgan fingerprint density at radius 3 is 2.55 bits per heavy atom. The Morgan fingerprint density at radius 2 is 2.00 bits per heavy atom. The Labute approximate surface area is 135 Å². The minimum Gasteiger partial charge on any atom is -0.348 e. The molecule has 0 spiro atoms. The first-order valence-corrected chi connectivity index (χ1v) is 7.85. The van der Waals surface area contributed by atoms with Crippen molar-refractivity contribution in [1.29, 1.82) is 0 Å². The molecule has 0 aromatic carbocycles. The van der Waals surface area contributed by atoms with Crippen LogP contribution in [0.4, 0.5) is 0 Å². The predicted octanol–water partition coefficient (Wildman–Crippen LogP) is 3.46. The highest BCUT2D eigenvalue weighted by atomic mass is 35.5. The number of nitrogens with one attached hydrogen (secondary N) is 1. The summed E-state index contributed by atoms with van der Waals surface area (Å²) in [5, 5.41) is 7.68. The predicted molar refractivity (Wildman–Crippen MR) is 87.7 cm³/mol. The number of nitrogens with zero attached hydrogens (tertiary/aromatic N) is 3. The molecular weight excluding hydrogens is 300 g/mol. The number of carbonyl (C=O) groups excluding carboxylic acids is 1. The standard InChI is InChI=1S/C16H21ClN4O/c1-5-12(6-2)18-16(22)15-13(17)7-8-14(19-15)21-11(4)9-10(3)20-21/h7-9,12H,5-6H2,1-4H3,(H,18,22). The Balaban J connectivity index is 2.35. The van der Waals surface area contributed by atoms with Crippen molar-refractivity contribution in [2.45, 2.75) is 46.6 Å². The maximum Gasteiger partial charge on any atom is 0.271 e. The highest BCUT2D eigenvalue weighted by molar-refractivity contribution is 6.33. The first-order chi connectivity index (χ1) is 10.5. The highest BCUT2D eigenvalue weighted by Crippen LogP contribution is 2.18. The van der Waals surface area contributed by atoms with Crippen LogP contribution in [0.3, 0.4) is 0 Å². The normalized spacial score (nSPS) is 11.0. The van der Waals surface area contributed by atoms with Crippen molar-refractivity contribution >= 4 is 17.5 Å². The van der Waals surface area contributed by atoms with Crippen LogP contribution in [0.2, 0.25) is 5.02 Å². The molecule has 2 aromatic rings. The summed E-state index contributed by atoms with van der Waals surface area (Å²) < 4.78 is 1.71. The second-order valence-electron chi connectivity index (χ2n) is 5.33. The van der Waals surface area contributed by atoms with Crippen molar-refractivity contribution in [2.75, 3.05) is 0 Å². The molecule has 0 atom stereocenters. The lowest BCUT2D eigenvalue weighted by Crippen LogP contribution is -2.34. The molecule has 2 rings (SSSR count). The fourth-order valence-corrected chi connectivity index (χ4v) is 2.51. The molecule has 0 radical (unpaired) electrons. The van der Waals surface area contributed by atoms with Crippen LogP contribution >= 0.6 is 11.6 Å². The molecule has 1 amide bonds. The van der Waals surface area contributed by atoms with Gasteiger partial charge >= 0.3 is 0 Å². The molecule has 5 nitrogen and oxygen atoms in total. The van der Waals surface area contributed by atoms with Crippen molar-refractivity contribution in [3.8, 4) is 5.82 Å². The number of carbonyl (C=O) groups is 1. The van der Waals surface area contributed by atoms with Crippen LogP contribution in [0.5, 0.6) is 0 Å². The molecule has 1 N–H and O–H groups in total. The molecule has 0 saturated carbocycles. The van der Waals surface area contributed by atoms with Crippen LogP contribution in [-0.4, -0.2) is 26.7 Å². The van der Waals surface area contributed by atoms with E-state index in [2.05, 4.69) is 15.4 Å². The minimum atomic E-state index is -0.248. The van der Waals surface area contributed by atoms with E-state index in [1.54, 1.807) is 16.8 Å². The topological polar surface area (TPSA) is 59.8 Å². The third-order valence-electron chi connectivity index (χ3n) is 3.59. The van der Waals surface area contributed by atoms with Gasteiger partial charge in [-0.15, -0.1) is 0 Å². The fourth-order valence-electron chi connectivity index (χ4n) is 2.32. The van der Waals surface area contributed by atoms with Gasteiger partial charge in [0, 0.05) is 11.7 Å².